The summed E-state index contributed by atoms with van der Waals surface area (Å²) in [5.74, 6) is 0.203. The molecule has 0 aliphatic carbocycles. The van der Waals surface area contributed by atoms with Gasteiger partial charge >= 0.3 is 5.97 Å². The molecule has 0 saturated carbocycles. The highest BCUT2D eigenvalue weighted by atomic mass is 32.2. The number of rotatable bonds is 5. The Balaban J connectivity index is 1.42. The molecule has 8 heteroatoms. The SMILES string of the molecule is O=C(CN1CCCN(C(=O)C2CSC(=O)N2)CC1)OCc1ccccc1. The van der Waals surface area contributed by atoms with E-state index >= 15 is 0 Å². The molecule has 1 N–H and O–H groups in total. The molecule has 1 atom stereocenters. The van der Waals surface area contributed by atoms with Gasteiger partial charge in [-0.3, -0.25) is 19.3 Å². The van der Waals surface area contributed by atoms with Crippen molar-refractivity contribution >= 4 is 28.9 Å². The summed E-state index contributed by atoms with van der Waals surface area (Å²) in [6.07, 6.45) is 0.797. The van der Waals surface area contributed by atoms with Gasteiger partial charge in [0.05, 0.1) is 6.54 Å². The Morgan fingerprint density at radius 3 is 2.69 bits per heavy atom. The lowest BCUT2D eigenvalue weighted by molar-refractivity contribution is -0.146. The van der Waals surface area contributed by atoms with E-state index in [2.05, 4.69) is 5.32 Å². The molecule has 1 aromatic rings. The zero-order valence-corrected chi connectivity index (χ0v) is 15.4. The van der Waals surface area contributed by atoms with Crippen LogP contribution in [0.25, 0.3) is 0 Å². The van der Waals surface area contributed by atoms with Crippen molar-refractivity contribution < 1.29 is 19.1 Å². The van der Waals surface area contributed by atoms with Gasteiger partial charge in [-0.15, -0.1) is 0 Å². The van der Waals surface area contributed by atoms with Crippen LogP contribution in [0.1, 0.15) is 12.0 Å². The second-order valence-corrected chi connectivity index (χ2v) is 7.39. The van der Waals surface area contributed by atoms with Crippen LogP contribution in [-0.2, 0) is 20.9 Å². The number of carbonyl (C=O) groups is 3. The molecular formula is C18H23N3O4S. The Labute approximate surface area is 157 Å². The first-order chi connectivity index (χ1) is 12.6. The normalized spacial score (nSPS) is 21.2. The van der Waals surface area contributed by atoms with Crippen LogP contribution >= 0.6 is 11.8 Å². The van der Waals surface area contributed by atoms with Gasteiger partial charge in [-0.25, -0.2) is 0 Å². The fourth-order valence-corrected chi connectivity index (χ4v) is 3.82. The summed E-state index contributed by atoms with van der Waals surface area (Å²) in [5.41, 5.74) is 0.963. The fourth-order valence-electron chi connectivity index (χ4n) is 3.05. The van der Waals surface area contributed by atoms with Gasteiger partial charge in [0.25, 0.3) is 5.24 Å². The van der Waals surface area contributed by atoms with E-state index in [4.69, 9.17) is 4.74 Å². The van der Waals surface area contributed by atoms with Gasteiger partial charge in [-0.05, 0) is 12.0 Å². The zero-order chi connectivity index (χ0) is 18.4. The molecule has 26 heavy (non-hydrogen) atoms. The topological polar surface area (TPSA) is 79.0 Å². The molecule has 140 valence electrons. The Hall–Kier alpha value is -2.06. The highest BCUT2D eigenvalue weighted by Gasteiger charge is 2.32. The van der Waals surface area contributed by atoms with E-state index in [9.17, 15) is 14.4 Å². The van der Waals surface area contributed by atoms with Gasteiger partial charge < -0.3 is 15.0 Å². The van der Waals surface area contributed by atoms with Crippen LogP contribution < -0.4 is 5.32 Å². The average molecular weight is 377 g/mol. The van der Waals surface area contributed by atoms with Crippen LogP contribution in [0.5, 0.6) is 0 Å². The van der Waals surface area contributed by atoms with Crippen molar-refractivity contribution in [3.8, 4) is 0 Å². The zero-order valence-electron chi connectivity index (χ0n) is 14.6. The van der Waals surface area contributed by atoms with E-state index in [1.807, 2.05) is 35.2 Å². The number of benzene rings is 1. The molecular weight excluding hydrogens is 354 g/mol. The Bertz CT molecular complexity index is 655. The standard InChI is InChI=1S/C18H23N3O4S/c22-16(25-12-14-5-2-1-3-6-14)11-20-7-4-8-21(10-9-20)17(23)15-13-26-18(24)19-15/h1-3,5-6,15H,4,7-13H2,(H,19,24). The van der Waals surface area contributed by atoms with Crippen molar-refractivity contribution in [1.29, 1.82) is 0 Å². The van der Waals surface area contributed by atoms with Crippen LogP contribution in [0.15, 0.2) is 30.3 Å². The van der Waals surface area contributed by atoms with Crippen LogP contribution in [-0.4, -0.2) is 71.4 Å². The van der Waals surface area contributed by atoms with Crippen LogP contribution in [0.2, 0.25) is 0 Å². The summed E-state index contributed by atoms with van der Waals surface area (Å²) >= 11 is 1.15. The maximum atomic E-state index is 12.5. The van der Waals surface area contributed by atoms with E-state index in [0.29, 0.717) is 25.4 Å². The number of carbonyl (C=O) groups excluding carboxylic acids is 3. The number of amides is 2. The third-order valence-electron chi connectivity index (χ3n) is 4.47. The lowest BCUT2D eigenvalue weighted by Crippen LogP contribution is -2.47. The minimum Gasteiger partial charge on any atom is -0.460 e. The molecule has 3 rings (SSSR count). The molecule has 0 bridgehead atoms. The lowest BCUT2D eigenvalue weighted by atomic mass is 10.2. The van der Waals surface area contributed by atoms with Crippen molar-refractivity contribution in [1.82, 2.24) is 15.1 Å². The second-order valence-electron chi connectivity index (χ2n) is 6.40. The molecule has 0 aromatic heterocycles. The quantitative estimate of drug-likeness (QED) is 0.774. The summed E-state index contributed by atoms with van der Waals surface area (Å²) < 4.78 is 5.33. The minimum absolute atomic E-state index is 0.0307. The number of esters is 1. The molecule has 2 amide bonds. The summed E-state index contributed by atoms with van der Waals surface area (Å²) in [4.78, 5) is 39.6. The number of nitrogens with one attached hydrogen (secondary N) is 1. The first-order valence-corrected chi connectivity index (χ1v) is 9.74. The molecule has 0 radical (unpaired) electrons. The molecule has 0 spiro atoms. The molecule has 2 saturated heterocycles. The summed E-state index contributed by atoms with van der Waals surface area (Å²) in [6, 6.07) is 9.16. The Kier molecular flexibility index (Phi) is 6.51. The third kappa shape index (κ3) is 5.22. The van der Waals surface area contributed by atoms with Crippen LogP contribution in [0.3, 0.4) is 0 Å². The maximum absolute atomic E-state index is 12.5. The van der Waals surface area contributed by atoms with E-state index in [-0.39, 0.29) is 30.3 Å². The number of nitrogens with zero attached hydrogens (tertiary/aromatic N) is 2. The van der Waals surface area contributed by atoms with E-state index in [1.165, 1.54) is 0 Å². The molecule has 2 heterocycles. The summed E-state index contributed by atoms with van der Waals surface area (Å²) in [5, 5.41) is 2.55. The molecule has 1 unspecified atom stereocenters. The van der Waals surface area contributed by atoms with Crippen LogP contribution in [0, 0.1) is 0 Å². The predicted octanol–water partition coefficient (Wildman–Crippen LogP) is 1.09. The number of hydrogen-bond donors (Lipinski definition) is 1. The van der Waals surface area contributed by atoms with Gasteiger partial charge in [0.1, 0.15) is 12.6 Å². The van der Waals surface area contributed by atoms with Crippen molar-refractivity contribution in [3.63, 3.8) is 0 Å². The minimum atomic E-state index is -0.421. The van der Waals surface area contributed by atoms with Gasteiger partial charge in [-0.1, -0.05) is 42.1 Å². The van der Waals surface area contributed by atoms with Gasteiger partial charge in [0.2, 0.25) is 5.91 Å². The molecule has 2 aliphatic heterocycles. The summed E-state index contributed by atoms with van der Waals surface area (Å²) in [6.45, 7) is 3.07. The molecule has 2 aliphatic rings. The Morgan fingerprint density at radius 1 is 1.15 bits per heavy atom. The first kappa shape index (κ1) is 18.7. The van der Waals surface area contributed by atoms with Crippen molar-refractivity contribution in [2.24, 2.45) is 0 Å². The maximum Gasteiger partial charge on any atom is 0.320 e. The van der Waals surface area contributed by atoms with Gasteiger partial charge in [0.15, 0.2) is 0 Å². The van der Waals surface area contributed by atoms with E-state index in [1.54, 1.807) is 4.90 Å². The van der Waals surface area contributed by atoms with Crippen molar-refractivity contribution in [3.05, 3.63) is 35.9 Å². The molecule has 2 fully saturated rings. The van der Waals surface area contributed by atoms with E-state index in [0.717, 1.165) is 30.3 Å². The second kappa shape index (κ2) is 9.05. The number of thioether (sulfide) groups is 1. The van der Waals surface area contributed by atoms with Crippen molar-refractivity contribution in [2.75, 3.05) is 38.5 Å². The summed E-state index contributed by atoms with van der Waals surface area (Å²) in [7, 11) is 0. The van der Waals surface area contributed by atoms with Gasteiger partial charge in [-0.2, -0.15) is 0 Å². The van der Waals surface area contributed by atoms with Crippen molar-refractivity contribution in [2.45, 2.75) is 19.1 Å². The Morgan fingerprint density at radius 2 is 1.96 bits per heavy atom. The van der Waals surface area contributed by atoms with Crippen LogP contribution in [0.4, 0.5) is 4.79 Å². The highest BCUT2D eigenvalue weighted by molar-refractivity contribution is 8.14. The lowest BCUT2D eigenvalue weighted by Gasteiger charge is -2.24. The smallest absolute Gasteiger partial charge is 0.320 e. The largest absolute Gasteiger partial charge is 0.460 e. The van der Waals surface area contributed by atoms with E-state index < -0.39 is 6.04 Å². The molecule has 1 aromatic carbocycles. The fraction of sp³-hybridized carbons (Fsp3) is 0.500. The highest BCUT2D eigenvalue weighted by Crippen LogP contribution is 2.16. The van der Waals surface area contributed by atoms with Gasteiger partial charge in [0, 0.05) is 31.9 Å². The molecule has 7 nitrogen and oxygen atoms in total. The third-order valence-corrected chi connectivity index (χ3v) is 5.35. The average Bonchev–Trinajstić information content (AvgIpc) is 2.95. The predicted molar refractivity (Wildman–Crippen MR) is 98.7 cm³/mol. The first-order valence-electron chi connectivity index (χ1n) is 8.76. The monoisotopic (exact) mass is 377 g/mol. The number of ether oxygens (including phenoxy) is 1. The number of hydrogen-bond acceptors (Lipinski definition) is 6.